The molecule has 38 heavy (non-hydrogen) atoms. The van der Waals surface area contributed by atoms with Crippen molar-refractivity contribution in [1.82, 2.24) is 9.88 Å². The Labute approximate surface area is 215 Å². The van der Waals surface area contributed by atoms with E-state index in [0.29, 0.717) is 12.5 Å². The molecule has 0 bridgehead atoms. The summed E-state index contributed by atoms with van der Waals surface area (Å²) in [5.74, 6) is -4.84. The Morgan fingerprint density at radius 2 is 1.63 bits per heavy atom. The van der Waals surface area contributed by atoms with Gasteiger partial charge in [-0.25, -0.2) is 9.59 Å². The lowest BCUT2D eigenvalue weighted by Gasteiger charge is -2.47. The van der Waals surface area contributed by atoms with Crippen molar-refractivity contribution in [3.63, 3.8) is 0 Å². The summed E-state index contributed by atoms with van der Waals surface area (Å²) >= 11 is 0. The minimum Gasteiger partial charge on any atom is -0.475 e. The minimum atomic E-state index is -5.08. The van der Waals surface area contributed by atoms with Gasteiger partial charge in [0.2, 0.25) is 0 Å². The maximum absolute atomic E-state index is 10.6. The van der Waals surface area contributed by atoms with Gasteiger partial charge in [-0.15, -0.1) is 0 Å². The summed E-state index contributed by atoms with van der Waals surface area (Å²) in [5, 5.41) is 14.2. The summed E-state index contributed by atoms with van der Waals surface area (Å²) in [7, 11) is 0. The smallest absolute Gasteiger partial charge is 0.475 e. The van der Waals surface area contributed by atoms with Crippen LogP contribution in [0.2, 0.25) is 0 Å². The van der Waals surface area contributed by atoms with Crippen LogP contribution in [0.15, 0.2) is 24.5 Å². The van der Waals surface area contributed by atoms with Gasteiger partial charge in [0.15, 0.2) is 0 Å². The number of pyridine rings is 1. The molecule has 3 aliphatic rings. The van der Waals surface area contributed by atoms with Crippen LogP contribution in [0.25, 0.3) is 0 Å². The van der Waals surface area contributed by atoms with Crippen LogP contribution in [0.4, 0.5) is 26.3 Å². The third-order valence-corrected chi connectivity index (χ3v) is 6.92. The number of halogens is 6. The van der Waals surface area contributed by atoms with Gasteiger partial charge in [0.25, 0.3) is 0 Å². The number of ether oxygens (including phenoxy) is 2. The number of carboxylic acid groups (broad SMARTS) is 2. The van der Waals surface area contributed by atoms with E-state index in [4.69, 9.17) is 29.3 Å². The van der Waals surface area contributed by atoms with Crippen molar-refractivity contribution in [3.05, 3.63) is 30.1 Å². The highest BCUT2D eigenvalue weighted by molar-refractivity contribution is 5.73. The van der Waals surface area contributed by atoms with E-state index in [1.807, 2.05) is 12.3 Å². The van der Waals surface area contributed by atoms with E-state index in [0.717, 1.165) is 31.2 Å². The molecule has 216 valence electrons. The van der Waals surface area contributed by atoms with Gasteiger partial charge >= 0.3 is 24.3 Å². The Kier molecular flexibility index (Phi) is 11.8. The van der Waals surface area contributed by atoms with Gasteiger partial charge in [-0.3, -0.25) is 4.98 Å². The number of carbonyl (C=O) groups is 2. The van der Waals surface area contributed by atoms with Crippen molar-refractivity contribution < 1.29 is 55.6 Å². The molecule has 8 nitrogen and oxygen atoms in total. The fraction of sp³-hybridized carbons (Fsp3) is 0.708. The first-order chi connectivity index (χ1) is 17.7. The third kappa shape index (κ3) is 10.0. The third-order valence-electron chi connectivity index (χ3n) is 6.92. The summed E-state index contributed by atoms with van der Waals surface area (Å²) in [6.07, 6.45) is 2.56. The van der Waals surface area contributed by atoms with Crippen LogP contribution in [0.3, 0.4) is 0 Å². The normalized spacial score (nSPS) is 21.5. The molecule has 2 aliphatic heterocycles. The largest absolute Gasteiger partial charge is 0.490 e. The maximum Gasteiger partial charge on any atom is 0.490 e. The summed E-state index contributed by atoms with van der Waals surface area (Å²) in [4.78, 5) is 24.6. The van der Waals surface area contributed by atoms with E-state index in [1.54, 1.807) is 6.20 Å². The zero-order chi connectivity index (χ0) is 28.4. The number of likely N-dealkylation sites (tertiary alicyclic amines) is 1. The molecular formula is C24H32F6N2O6. The number of piperidine rings is 1. The molecule has 1 aliphatic carbocycles. The highest BCUT2D eigenvalue weighted by Crippen LogP contribution is 2.43. The quantitative estimate of drug-likeness (QED) is 0.383. The SMILES string of the molecule is O=C(O)C(F)(F)F.O=C(O)C(F)(F)F.c1cncc(COCCC2CCOC23CCN(C2CCC2)CC3)c1. The van der Waals surface area contributed by atoms with Crippen LogP contribution in [0.1, 0.15) is 50.5 Å². The zero-order valence-electron chi connectivity index (χ0n) is 20.6. The topological polar surface area (TPSA) is 109 Å². The van der Waals surface area contributed by atoms with Crippen molar-refractivity contribution in [2.24, 2.45) is 5.92 Å². The molecule has 4 rings (SSSR count). The van der Waals surface area contributed by atoms with Crippen molar-refractivity contribution in [2.75, 3.05) is 26.3 Å². The molecule has 3 fully saturated rings. The molecular weight excluding hydrogens is 526 g/mol. The van der Waals surface area contributed by atoms with Gasteiger partial charge in [0.05, 0.1) is 12.2 Å². The van der Waals surface area contributed by atoms with Crippen LogP contribution >= 0.6 is 0 Å². The van der Waals surface area contributed by atoms with Crippen LogP contribution < -0.4 is 0 Å². The lowest BCUT2D eigenvalue weighted by atomic mass is 9.77. The number of aromatic nitrogens is 1. The van der Waals surface area contributed by atoms with E-state index in [9.17, 15) is 26.3 Å². The van der Waals surface area contributed by atoms with E-state index < -0.39 is 24.3 Å². The van der Waals surface area contributed by atoms with Crippen LogP contribution in [0.5, 0.6) is 0 Å². The Balaban J connectivity index is 0.000000301. The van der Waals surface area contributed by atoms with Crippen molar-refractivity contribution in [2.45, 2.75) is 75.5 Å². The molecule has 2 saturated heterocycles. The summed E-state index contributed by atoms with van der Waals surface area (Å²) in [6.45, 7) is 4.91. The monoisotopic (exact) mass is 558 g/mol. The number of alkyl halides is 6. The van der Waals surface area contributed by atoms with Crippen LogP contribution in [-0.4, -0.2) is 82.3 Å². The molecule has 1 saturated carbocycles. The summed E-state index contributed by atoms with van der Waals surface area (Å²) < 4.78 is 75.7. The number of hydrogen-bond acceptors (Lipinski definition) is 6. The molecule has 3 heterocycles. The molecule has 1 unspecified atom stereocenters. The van der Waals surface area contributed by atoms with Crippen LogP contribution in [-0.2, 0) is 25.7 Å². The molecule has 1 aromatic rings. The van der Waals surface area contributed by atoms with Gasteiger partial charge in [0.1, 0.15) is 0 Å². The second-order valence-corrected chi connectivity index (χ2v) is 9.33. The molecule has 0 amide bonds. The minimum absolute atomic E-state index is 0.151. The summed E-state index contributed by atoms with van der Waals surface area (Å²) in [5.41, 5.74) is 1.31. The molecule has 1 aromatic heterocycles. The lowest BCUT2D eigenvalue weighted by Crippen LogP contribution is -2.52. The van der Waals surface area contributed by atoms with Gasteiger partial charge in [0, 0.05) is 44.7 Å². The number of carboxylic acids is 2. The molecule has 14 heteroatoms. The van der Waals surface area contributed by atoms with Crippen LogP contribution in [0, 0.1) is 5.92 Å². The van der Waals surface area contributed by atoms with E-state index in [-0.39, 0.29) is 5.60 Å². The predicted octanol–water partition coefficient (Wildman–Crippen LogP) is 4.68. The molecule has 0 aromatic carbocycles. The first-order valence-electron chi connectivity index (χ1n) is 12.2. The molecule has 1 atom stereocenters. The van der Waals surface area contributed by atoms with Gasteiger partial charge in [-0.05, 0) is 56.1 Å². The van der Waals surface area contributed by atoms with Gasteiger partial charge < -0.3 is 24.6 Å². The highest BCUT2D eigenvalue weighted by Gasteiger charge is 2.46. The van der Waals surface area contributed by atoms with E-state index in [2.05, 4.69) is 16.0 Å². The molecule has 0 radical (unpaired) electrons. The van der Waals surface area contributed by atoms with Gasteiger partial charge in [-0.2, -0.15) is 26.3 Å². The number of hydrogen-bond donors (Lipinski definition) is 2. The Morgan fingerprint density at radius 3 is 2.08 bits per heavy atom. The number of aliphatic carboxylic acids is 2. The molecule has 1 spiro atoms. The highest BCUT2D eigenvalue weighted by atomic mass is 19.4. The average molecular weight is 559 g/mol. The van der Waals surface area contributed by atoms with E-state index >= 15 is 0 Å². The second-order valence-electron chi connectivity index (χ2n) is 9.33. The number of rotatable bonds is 6. The van der Waals surface area contributed by atoms with Crippen molar-refractivity contribution in [1.29, 1.82) is 0 Å². The Hall–Kier alpha value is -2.45. The Morgan fingerprint density at radius 1 is 1.05 bits per heavy atom. The maximum atomic E-state index is 10.6. The lowest BCUT2D eigenvalue weighted by molar-refractivity contribution is -0.193. The standard InChI is InChI=1S/C20H30N2O2.2C2HF3O2/c1-4-19(5-1)22-11-8-20(9-12-22)18(7-14-24-20)6-13-23-16-17-3-2-10-21-15-17;2*3-2(4,5)1(6)7/h2-3,10,15,18-19H,1,4-9,11-14,16H2;2*(H,6,7). The number of nitrogens with zero attached hydrogens (tertiary/aromatic N) is 2. The fourth-order valence-electron chi connectivity index (χ4n) is 4.66. The second kappa shape index (κ2) is 14.1. The fourth-order valence-corrected chi connectivity index (χ4v) is 4.66. The predicted molar refractivity (Wildman–Crippen MR) is 121 cm³/mol. The van der Waals surface area contributed by atoms with E-state index in [1.165, 1.54) is 51.6 Å². The van der Waals surface area contributed by atoms with Crippen molar-refractivity contribution in [3.8, 4) is 0 Å². The van der Waals surface area contributed by atoms with Crippen molar-refractivity contribution >= 4 is 11.9 Å². The Bertz CT molecular complexity index is 847. The zero-order valence-corrected chi connectivity index (χ0v) is 20.6. The summed E-state index contributed by atoms with van der Waals surface area (Å²) in [6, 6.07) is 4.92. The van der Waals surface area contributed by atoms with Gasteiger partial charge in [-0.1, -0.05) is 12.5 Å². The molecule has 2 N–H and O–H groups in total. The first kappa shape index (κ1) is 31.8. The first-order valence-corrected chi connectivity index (χ1v) is 12.2. The average Bonchev–Trinajstić information content (AvgIpc) is 3.19.